The van der Waals surface area contributed by atoms with Crippen LogP contribution >= 0.6 is 0 Å². The number of piperidine rings is 1. The van der Waals surface area contributed by atoms with Gasteiger partial charge in [0.15, 0.2) is 0 Å². The van der Waals surface area contributed by atoms with Crippen molar-refractivity contribution in [2.75, 3.05) is 13.1 Å². The number of pyridine rings is 1. The van der Waals surface area contributed by atoms with Crippen LogP contribution in [-0.2, 0) is 6.54 Å². The second kappa shape index (κ2) is 8.47. The maximum Gasteiger partial charge on any atom is 0.0988 e. The number of nitrogens with one attached hydrogen (secondary N) is 1. The molecule has 1 fully saturated rings. The lowest BCUT2D eigenvalue weighted by Gasteiger charge is -2.41. The summed E-state index contributed by atoms with van der Waals surface area (Å²) in [6, 6.07) is 14.9. The van der Waals surface area contributed by atoms with E-state index in [0.717, 1.165) is 36.6 Å². The summed E-state index contributed by atoms with van der Waals surface area (Å²) in [7, 11) is 0. The normalized spacial score (nSPS) is 16.2. The third-order valence-corrected chi connectivity index (χ3v) is 5.77. The predicted molar refractivity (Wildman–Crippen MR) is 118 cm³/mol. The Bertz CT molecular complexity index is 903. The number of aromatic nitrogens is 3. The number of hydrogen-bond acceptors (Lipinski definition) is 4. The highest BCUT2D eigenvalue weighted by Crippen LogP contribution is 2.24. The van der Waals surface area contributed by atoms with E-state index in [1.807, 2.05) is 35.1 Å². The van der Waals surface area contributed by atoms with Crippen LogP contribution in [-0.4, -0.2) is 44.3 Å². The summed E-state index contributed by atoms with van der Waals surface area (Å²) in [5.74, 6) is 0. The SMILES string of the molecule is CC(C)(C)N1CCC(NCc2cn(-c3ccccc3)nc2-c2cccnc2)CC1. The van der Waals surface area contributed by atoms with E-state index in [4.69, 9.17) is 5.10 Å². The molecule has 5 nitrogen and oxygen atoms in total. The molecule has 0 bridgehead atoms. The summed E-state index contributed by atoms with van der Waals surface area (Å²) in [6.07, 6.45) is 8.22. The Labute approximate surface area is 173 Å². The second-order valence-corrected chi connectivity index (χ2v) is 8.84. The third-order valence-electron chi connectivity index (χ3n) is 5.77. The van der Waals surface area contributed by atoms with Gasteiger partial charge in [0.1, 0.15) is 0 Å². The molecule has 2 aromatic heterocycles. The molecule has 0 spiro atoms. The molecule has 1 aliphatic rings. The number of para-hydroxylation sites is 1. The molecule has 0 saturated carbocycles. The van der Waals surface area contributed by atoms with E-state index < -0.39 is 0 Å². The molecule has 1 aromatic carbocycles. The Hall–Kier alpha value is -2.50. The summed E-state index contributed by atoms with van der Waals surface area (Å²) < 4.78 is 1.97. The Morgan fingerprint density at radius 3 is 2.45 bits per heavy atom. The van der Waals surface area contributed by atoms with Crippen LogP contribution in [0.3, 0.4) is 0 Å². The van der Waals surface area contributed by atoms with Crippen LogP contribution in [0.2, 0.25) is 0 Å². The molecule has 3 heterocycles. The minimum absolute atomic E-state index is 0.259. The van der Waals surface area contributed by atoms with Crippen molar-refractivity contribution in [2.45, 2.75) is 51.7 Å². The van der Waals surface area contributed by atoms with E-state index >= 15 is 0 Å². The Morgan fingerprint density at radius 1 is 1.03 bits per heavy atom. The van der Waals surface area contributed by atoms with Crippen LogP contribution in [0.1, 0.15) is 39.2 Å². The number of rotatable bonds is 5. The van der Waals surface area contributed by atoms with Gasteiger partial charge in [-0.05, 0) is 57.9 Å². The van der Waals surface area contributed by atoms with Crippen molar-refractivity contribution < 1.29 is 0 Å². The highest BCUT2D eigenvalue weighted by Gasteiger charge is 2.27. The maximum atomic E-state index is 4.89. The Morgan fingerprint density at radius 2 is 1.79 bits per heavy atom. The van der Waals surface area contributed by atoms with E-state index in [1.54, 1.807) is 6.20 Å². The molecule has 0 amide bonds. The molecule has 1 saturated heterocycles. The molecule has 1 N–H and O–H groups in total. The van der Waals surface area contributed by atoms with Crippen molar-refractivity contribution in [1.82, 2.24) is 25.0 Å². The van der Waals surface area contributed by atoms with Gasteiger partial charge < -0.3 is 5.32 Å². The molecule has 152 valence electrons. The van der Waals surface area contributed by atoms with Crippen molar-refractivity contribution in [1.29, 1.82) is 0 Å². The number of nitrogens with zero attached hydrogens (tertiary/aromatic N) is 4. The molecule has 0 radical (unpaired) electrons. The first kappa shape index (κ1) is 19.8. The van der Waals surface area contributed by atoms with E-state index in [0.29, 0.717) is 6.04 Å². The molecule has 3 aromatic rings. The van der Waals surface area contributed by atoms with Crippen LogP contribution in [0.5, 0.6) is 0 Å². The van der Waals surface area contributed by atoms with Gasteiger partial charge in [0.2, 0.25) is 0 Å². The highest BCUT2D eigenvalue weighted by atomic mass is 15.3. The summed E-state index contributed by atoms with van der Waals surface area (Å²) in [5.41, 5.74) is 4.60. The lowest BCUT2D eigenvalue weighted by molar-refractivity contribution is 0.0960. The monoisotopic (exact) mass is 389 g/mol. The van der Waals surface area contributed by atoms with Gasteiger partial charge in [0.05, 0.1) is 11.4 Å². The molecular formula is C24H31N5. The first-order valence-electron chi connectivity index (χ1n) is 10.5. The van der Waals surface area contributed by atoms with E-state index in [9.17, 15) is 0 Å². The standard InChI is InChI=1S/C24H31N5/c1-24(2,3)28-14-11-21(12-15-28)26-17-20-18-29(22-9-5-4-6-10-22)27-23(20)19-8-7-13-25-16-19/h4-10,13,16,18,21,26H,11-12,14-15,17H2,1-3H3. The highest BCUT2D eigenvalue weighted by molar-refractivity contribution is 5.62. The molecule has 4 rings (SSSR count). The topological polar surface area (TPSA) is 46.0 Å². The van der Waals surface area contributed by atoms with Gasteiger partial charge in [-0.3, -0.25) is 9.88 Å². The predicted octanol–water partition coefficient (Wildman–Crippen LogP) is 4.29. The van der Waals surface area contributed by atoms with Crippen LogP contribution < -0.4 is 5.32 Å². The molecule has 0 unspecified atom stereocenters. The van der Waals surface area contributed by atoms with Gasteiger partial charge >= 0.3 is 0 Å². The lowest BCUT2D eigenvalue weighted by atomic mass is 9.98. The van der Waals surface area contributed by atoms with Crippen molar-refractivity contribution in [3.05, 3.63) is 66.6 Å². The lowest BCUT2D eigenvalue weighted by Crippen LogP contribution is -2.49. The van der Waals surface area contributed by atoms with Gasteiger partial charge in [0.25, 0.3) is 0 Å². The molecule has 0 atom stereocenters. The van der Waals surface area contributed by atoms with Gasteiger partial charge in [0, 0.05) is 60.9 Å². The minimum atomic E-state index is 0.259. The average molecular weight is 390 g/mol. The quantitative estimate of drug-likeness (QED) is 0.707. The van der Waals surface area contributed by atoms with E-state index in [-0.39, 0.29) is 5.54 Å². The van der Waals surface area contributed by atoms with Crippen LogP contribution in [0.25, 0.3) is 16.9 Å². The Balaban J connectivity index is 1.50. The number of hydrogen-bond donors (Lipinski definition) is 1. The van der Waals surface area contributed by atoms with Gasteiger partial charge in [-0.1, -0.05) is 18.2 Å². The Kier molecular flexibility index (Phi) is 5.79. The fraction of sp³-hybridized carbons (Fsp3) is 0.417. The van der Waals surface area contributed by atoms with Gasteiger partial charge in [-0.2, -0.15) is 5.10 Å². The van der Waals surface area contributed by atoms with Crippen molar-refractivity contribution in [3.8, 4) is 16.9 Å². The molecule has 5 heteroatoms. The zero-order chi connectivity index (χ0) is 20.3. The average Bonchev–Trinajstić information content (AvgIpc) is 3.17. The van der Waals surface area contributed by atoms with Crippen molar-refractivity contribution in [3.63, 3.8) is 0 Å². The second-order valence-electron chi connectivity index (χ2n) is 8.84. The zero-order valence-electron chi connectivity index (χ0n) is 17.7. The largest absolute Gasteiger partial charge is 0.310 e. The smallest absolute Gasteiger partial charge is 0.0988 e. The van der Waals surface area contributed by atoms with Crippen LogP contribution in [0.4, 0.5) is 0 Å². The summed E-state index contributed by atoms with van der Waals surface area (Å²) in [5, 5.41) is 8.67. The van der Waals surface area contributed by atoms with Gasteiger partial charge in [-0.25, -0.2) is 4.68 Å². The van der Waals surface area contributed by atoms with Crippen molar-refractivity contribution in [2.24, 2.45) is 0 Å². The van der Waals surface area contributed by atoms with Crippen LogP contribution in [0, 0.1) is 0 Å². The minimum Gasteiger partial charge on any atom is -0.310 e. The zero-order valence-corrected chi connectivity index (χ0v) is 17.7. The maximum absolute atomic E-state index is 4.89. The first-order valence-corrected chi connectivity index (χ1v) is 10.5. The van der Waals surface area contributed by atoms with E-state index in [1.165, 1.54) is 18.4 Å². The van der Waals surface area contributed by atoms with E-state index in [2.05, 4.69) is 60.4 Å². The third kappa shape index (κ3) is 4.74. The van der Waals surface area contributed by atoms with Crippen LogP contribution in [0.15, 0.2) is 61.1 Å². The number of benzene rings is 1. The summed E-state index contributed by atoms with van der Waals surface area (Å²) >= 11 is 0. The summed E-state index contributed by atoms with van der Waals surface area (Å²) in [6.45, 7) is 10.0. The molecule has 1 aliphatic heterocycles. The van der Waals surface area contributed by atoms with Crippen molar-refractivity contribution >= 4 is 0 Å². The molecular weight excluding hydrogens is 358 g/mol. The summed E-state index contributed by atoms with van der Waals surface area (Å²) in [4.78, 5) is 6.87. The van der Waals surface area contributed by atoms with Gasteiger partial charge in [-0.15, -0.1) is 0 Å². The fourth-order valence-corrected chi connectivity index (χ4v) is 4.01. The number of likely N-dealkylation sites (tertiary alicyclic amines) is 1. The molecule has 0 aliphatic carbocycles. The fourth-order valence-electron chi connectivity index (χ4n) is 4.01. The first-order chi connectivity index (χ1) is 14.0. The molecule has 29 heavy (non-hydrogen) atoms.